The van der Waals surface area contributed by atoms with Crippen molar-refractivity contribution in [2.24, 2.45) is 0 Å². The first-order chi connectivity index (χ1) is 19.7. The first kappa shape index (κ1) is 32.3. The Morgan fingerprint density at radius 1 is 0.905 bits per heavy atom. The average molecular weight is 594 g/mol. The fraction of sp³-hybridized carbons (Fsp3) is 0.344. The van der Waals surface area contributed by atoms with E-state index in [1.54, 1.807) is 30.3 Å². The van der Waals surface area contributed by atoms with Gasteiger partial charge >= 0.3 is 0 Å². The maximum atomic E-state index is 14.2. The molecular formula is C32H39N3O6S. The molecule has 0 bridgehead atoms. The minimum absolute atomic E-state index is 0.0240. The molecule has 3 rings (SSSR count). The van der Waals surface area contributed by atoms with Crippen LogP contribution in [0.2, 0.25) is 0 Å². The summed E-state index contributed by atoms with van der Waals surface area (Å²) in [6, 6.07) is 21.6. The third-order valence-corrected chi connectivity index (χ3v) is 7.62. The summed E-state index contributed by atoms with van der Waals surface area (Å²) in [5, 5.41) is 2.99. The van der Waals surface area contributed by atoms with Gasteiger partial charge in [-0.05, 0) is 63.1 Å². The van der Waals surface area contributed by atoms with Crippen LogP contribution in [-0.4, -0.2) is 62.4 Å². The molecule has 0 aliphatic carbocycles. The van der Waals surface area contributed by atoms with Crippen molar-refractivity contribution >= 4 is 33.3 Å². The minimum atomic E-state index is -3.95. The molecule has 0 fully saturated rings. The number of anilines is 1. The first-order valence-electron chi connectivity index (χ1n) is 13.5. The van der Waals surface area contributed by atoms with E-state index in [2.05, 4.69) is 5.32 Å². The molecule has 0 spiro atoms. The van der Waals surface area contributed by atoms with Crippen LogP contribution in [0.15, 0.2) is 78.9 Å². The molecule has 1 unspecified atom stereocenters. The van der Waals surface area contributed by atoms with E-state index in [0.717, 1.165) is 16.1 Å². The Kier molecular flexibility index (Phi) is 10.5. The number of nitrogens with zero attached hydrogens (tertiary/aromatic N) is 2. The summed E-state index contributed by atoms with van der Waals surface area (Å²) in [7, 11) is -2.41. The number of ether oxygens (including phenoxy) is 1. The lowest BCUT2D eigenvalue weighted by molar-refractivity contribution is -0.140. The molecule has 0 radical (unpaired) electrons. The highest BCUT2D eigenvalue weighted by Gasteiger charge is 2.34. The number of benzene rings is 3. The Morgan fingerprint density at radius 2 is 1.55 bits per heavy atom. The number of amides is 2. The van der Waals surface area contributed by atoms with Crippen LogP contribution in [-0.2, 0) is 32.6 Å². The Balaban J connectivity index is 2.11. The van der Waals surface area contributed by atoms with Gasteiger partial charge in [-0.25, -0.2) is 8.42 Å². The lowest BCUT2D eigenvalue weighted by Crippen LogP contribution is -2.56. The number of Topliss-reactive ketones (excluding diaryl/α,β-unsaturated/α-hetero) is 1. The van der Waals surface area contributed by atoms with Crippen molar-refractivity contribution in [1.29, 1.82) is 0 Å². The van der Waals surface area contributed by atoms with E-state index in [9.17, 15) is 22.8 Å². The molecule has 10 heteroatoms. The van der Waals surface area contributed by atoms with Crippen LogP contribution in [0.3, 0.4) is 0 Å². The Bertz CT molecular complexity index is 1520. The normalized spacial score (nSPS) is 12.2. The van der Waals surface area contributed by atoms with Gasteiger partial charge in [0.15, 0.2) is 5.78 Å². The zero-order valence-corrected chi connectivity index (χ0v) is 25.8. The molecule has 42 heavy (non-hydrogen) atoms. The van der Waals surface area contributed by atoms with E-state index in [0.29, 0.717) is 16.9 Å². The molecule has 0 saturated carbocycles. The maximum absolute atomic E-state index is 14.2. The Hall–Kier alpha value is -4.18. The van der Waals surface area contributed by atoms with Gasteiger partial charge < -0.3 is 15.0 Å². The molecule has 0 aliphatic heterocycles. The summed E-state index contributed by atoms with van der Waals surface area (Å²) in [6.07, 6.45) is 1.21. The van der Waals surface area contributed by atoms with Gasteiger partial charge in [0.05, 0.1) is 19.1 Å². The van der Waals surface area contributed by atoms with E-state index in [-0.39, 0.29) is 30.3 Å². The second-order valence-electron chi connectivity index (χ2n) is 11.2. The van der Waals surface area contributed by atoms with Crippen LogP contribution in [0.1, 0.15) is 49.2 Å². The van der Waals surface area contributed by atoms with Crippen molar-refractivity contribution in [3.63, 3.8) is 0 Å². The van der Waals surface area contributed by atoms with Gasteiger partial charge in [-0.3, -0.25) is 18.7 Å². The molecular weight excluding hydrogens is 554 g/mol. The molecule has 3 aromatic rings. The minimum Gasteiger partial charge on any atom is -0.497 e. The predicted molar refractivity (Wildman–Crippen MR) is 164 cm³/mol. The van der Waals surface area contributed by atoms with Crippen LogP contribution in [0.5, 0.6) is 5.75 Å². The number of hydrogen-bond donors (Lipinski definition) is 1. The SMILES string of the molecule is COc1cccc(CN(C(=O)CN(c2cccc(C(C)=O)c2)S(C)(=O)=O)C(Cc2ccccc2)C(=O)NC(C)(C)C)c1. The number of hydrogen-bond acceptors (Lipinski definition) is 6. The highest BCUT2D eigenvalue weighted by atomic mass is 32.2. The van der Waals surface area contributed by atoms with Crippen molar-refractivity contribution < 1.29 is 27.5 Å². The van der Waals surface area contributed by atoms with Crippen LogP contribution in [0.4, 0.5) is 5.69 Å². The summed E-state index contributed by atoms with van der Waals surface area (Å²) >= 11 is 0. The van der Waals surface area contributed by atoms with Crippen molar-refractivity contribution in [2.75, 3.05) is 24.2 Å². The zero-order chi connectivity index (χ0) is 31.1. The van der Waals surface area contributed by atoms with Crippen molar-refractivity contribution in [1.82, 2.24) is 10.2 Å². The van der Waals surface area contributed by atoms with Crippen molar-refractivity contribution in [3.8, 4) is 5.75 Å². The topological polar surface area (TPSA) is 113 Å². The lowest BCUT2D eigenvalue weighted by Gasteiger charge is -2.35. The van der Waals surface area contributed by atoms with Crippen molar-refractivity contribution in [2.45, 2.75) is 52.2 Å². The number of carbonyl (C=O) groups is 3. The largest absolute Gasteiger partial charge is 0.497 e. The summed E-state index contributed by atoms with van der Waals surface area (Å²) in [5.41, 5.74) is 1.45. The van der Waals surface area contributed by atoms with Crippen molar-refractivity contribution in [3.05, 3.63) is 95.6 Å². The number of ketones is 1. The number of carbonyl (C=O) groups excluding carboxylic acids is 3. The first-order valence-corrected chi connectivity index (χ1v) is 15.4. The summed E-state index contributed by atoms with van der Waals surface area (Å²) in [5.74, 6) is -0.607. The molecule has 0 aromatic heterocycles. The second-order valence-corrected chi connectivity index (χ2v) is 13.1. The monoisotopic (exact) mass is 593 g/mol. The molecule has 0 saturated heterocycles. The van der Waals surface area contributed by atoms with E-state index >= 15 is 0 Å². The van der Waals surface area contributed by atoms with Gasteiger partial charge in [0, 0.05) is 24.1 Å². The average Bonchev–Trinajstić information content (AvgIpc) is 2.92. The standard InChI is InChI=1S/C32H39N3O6S/c1-23(36)26-15-11-16-27(20-26)35(42(6,39)40)22-30(37)34(21-25-14-10-17-28(18-25)41-5)29(31(38)33-32(2,3)4)19-24-12-8-7-9-13-24/h7-18,20,29H,19,21-22H2,1-6H3,(H,33,38). The smallest absolute Gasteiger partial charge is 0.244 e. The molecule has 2 amide bonds. The highest BCUT2D eigenvalue weighted by Crippen LogP contribution is 2.23. The highest BCUT2D eigenvalue weighted by molar-refractivity contribution is 7.92. The molecule has 1 N–H and O–H groups in total. The Morgan fingerprint density at radius 3 is 2.14 bits per heavy atom. The number of nitrogens with one attached hydrogen (secondary N) is 1. The maximum Gasteiger partial charge on any atom is 0.244 e. The molecule has 0 aliphatic rings. The third kappa shape index (κ3) is 9.17. The second kappa shape index (κ2) is 13.7. The quantitative estimate of drug-likeness (QED) is 0.315. The molecule has 1 atom stereocenters. The lowest BCUT2D eigenvalue weighted by atomic mass is 10.0. The van der Waals surface area contributed by atoms with Gasteiger partial charge in [-0.2, -0.15) is 0 Å². The molecule has 224 valence electrons. The molecule has 3 aromatic carbocycles. The van der Waals surface area contributed by atoms with Gasteiger partial charge in [0.2, 0.25) is 21.8 Å². The number of methoxy groups -OCH3 is 1. The van der Waals surface area contributed by atoms with E-state index in [1.165, 1.54) is 31.1 Å². The van der Waals surface area contributed by atoms with Gasteiger partial charge in [0.25, 0.3) is 0 Å². The fourth-order valence-corrected chi connectivity index (χ4v) is 5.31. The van der Waals surface area contributed by atoms with Gasteiger partial charge in [-0.1, -0.05) is 54.6 Å². The third-order valence-electron chi connectivity index (χ3n) is 6.48. The molecule has 9 nitrogen and oxygen atoms in total. The zero-order valence-electron chi connectivity index (χ0n) is 25.0. The van der Waals surface area contributed by atoms with Crippen LogP contribution in [0.25, 0.3) is 0 Å². The summed E-state index contributed by atoms with van der Waals surface area (Å²) in [4.78, 5) is 41.4. The van der Waals surface area contributed by atoms with Gasteiger partial charge in [-0.15, -0.1) is 0 Å². The Labute approximate surface area is 248 Å². The summed E-state index contributed by atoms with van der Waals surface area (Å²) in [6.45, 7) is 6.39. The van der Waals surface area contributed by atoms with E-state index < -0.39 is 34.1 Å². The van der Waals surface area contributed by atoms with E-state index in [4.69, 9.17) is 4.74 Å². The fourth-order valence-electron chi connectivity index (χ4n) is 4.47. The van der Waals surface area contributed by atoms with Crippen LogP contribution in [0, 0.1) is 0 Å². The predicted octanol–water partition coefficient (Wildman–Crippen LogP) is 4.22. The van der Waals surface area contributed by atoms with Gasteiger partial charge in [0.1, 0.15) is 18.3 Å². The van der Waals surface area contributed by atoms with Crippen LogP contribution < -0.4 is 14.4 Å². The molecule has 0 heterocycles. The number of rotatable bonds is 12. The number of sulfonamides is 1. The van der Waals surface area contributed by atoms with E-state index in [1.807, 2.05) is 57.2 Å². The summed E-state index contributed by atoms with van der Waals surface area (Å²) < 4.78 is 32.3. The van der Waals surface area contributed by atoms with Crippen LogP contribution >= 0.6 is 0 Å².